The fourth-order valence-electron chi connectivity index (χ4n) is 3.31. The lowest BCUT2D eigenvalue weighted by atomic mass is 10.0. The molecular formula is C24H21F2NO5. The second-order valence-corrected chi connectivity index (χ2v) is 6.98. The Morgan fingerprint density at radius 1 is 0.969 bits per heavy atom. The van der Waals surface area contributed by atoms with Crippen LogP contribution in [0.15, 0.2) is 60.7 Å². The van der Waals surface area contributed by atoms with Gasteiger partial charge in [0.25, 0.3) is 5.91 Å². The lowest BCUT2D eigenvalue weighted by Gasteiger charge is -2.14. The molecule has 1 aliphatic heterocycles. The van der Waals surface area contributed by atoms with Crippen molar-refractivity contribution in [1.29, 1.82) is 0 Å². The number of anilines is 1. The van der Waals surface area contributed by atoms with E-state index < -0.39 is 6.61 Å². The Kier molecular flexibility index (Phi) is 6.39. The molecule has 6 nitrogen and oxygen atoms in total. The lowest BCUT2D eigenvalue weighted by Crippen LogP contribution is -2.12. The SMILES string of the molecule is COc1ccc(-c2cc(NC(=O)c3ccc4c(c3)OCCCO4)ccc2OC(F)F)cc1. The second kappa shape index (κ2) is 9.55. The monoisotopic (exact) mass is 441 g/mol. The van der Waals surface area contributed by atoms with E-state index in [0.29, 0.717) is 52.8 Å². The molecule has 1 aliphatic rings. The van der Waals surface area contributed by atoms with E-state index in [2.05, 4.69) is 10.1 Å². The quantitative estimate of drug-likeness (QED) is 0.557. The minimum absolute atomic E-state index is 0.00116. The van der Waals surface area contributed by atoms with Gasteiger partial charge in [0, 0.05) is 23.2 Å². The molecule has 0 unspecified atom stereocenters. The Morgan fingerprint density at radius 2 is 1.72 bits per heavy atom. The number of nitrogens with one attached hydrogen (secondary N) is 1. The summed E-state index contributed by atoms with van der Waals surface area (Å²) in [6.07, 6.45) is 0.761. The number of carbonyl (C=O) groups is 1. The van der Waals surface area contributed by atoms with E-state index >= 15 is 0 Å². The average Bonchev–Trinajstić information content (AvgIpc) is 3.04. The third-order valence-corrected chi connectivity index (χ3v) is 4.86. The highest BCUT2D eigenvalue weighted by Gasteiger charge is 2.16. The molecule has 1 heterocycles. The molecule has 1 amide bonds. The molecule has 0 saturated carbocycles. The zero-order valence-electron chi connectivity index (χ0n) is 17.3. The highest BCUT2D eigenvalue weighted by atomic mass is 19.3. The van der Waals surface area contributed by atoms with Crippen LogP contribution in [0.25, 0.3) is 11.1 Å². The van der Waals surface area contributed by atoms with Crippen LogP contribution >= 0.6 is 0 Å². The Labute approximate surface area is 183 Å². The van der Waals surface area contributed by atoms with Gasteiger partial charge >= 0.3 is 6.61 Å². The molecule has 0 aliphatic carbocycles. The number of hydrogen-bond acceptors (Lipinski definition) is 5. The van der Waals surface area contributed by atoms with Crippen molar-refractivity contribution < 1.29 is 32.5 Å². The molecule has 3 aromatic rings. The summed E-state index contributed by atoms with van der Waals surface area (Å²) in [4.78, 5) is 12.8. The van der Waals surface area contributed by atoms with Crippen molar-refractivity contribution in [1.82, 2.24) is 0 Å². The summed E-state index contributed by atoms with van der Waals surface area (Å²) in [6.45, 7) is -1.91. The number of ether oxygens (including phenoxy) is 4. The predicted molar refractivity (Wildman–Crippen MR) is 115 cm³/mol. The van der Waals surface area contributed by atoms with Crippen molar-refractivity contribution >= 4 is 11.6 Å². The van der Waals surface area contributed by atoms with Crippen LogP contribution in [0.3, 0.4) is 0 Å². The van der Waals surface area contributed by atoms with Crippen molar-refractivity contribution in [2.45, 2.75) is 13.0 Å². The molecule has 166 valence electrons. The number of benzene rings is 3. The first-order chi connectivity index (χ1) is 15.5. The van der Waals surface area contributed by atoms with Gasteiger partial charge in [-0.2, -0.15) is 8.78 Å². The molecule has 3 aromatic carbocycles. The highest BCUT2D eigenvalue weighted by molar-refractivity contribution is 6.05. The molecular weight excluding hydrogens is 420 g/mol. The first kappa shape index (κ1) is 21.4. The third-order valence-electron chi connectivity index (χ3n) is 4.86. The minimum Gasteiger partial charge on any atom is -0.497 e. The number of halogens is 2. The topological polar surface area (TPSA) is 66.0 Å². The summed E-state index contributed by atoms with van der Waals surface area (Å²) in [6, 6.07) is 16.3. The number of fused-ring (bicyclic) bond motifs is 1. The van der Waals surface area contributed by atoms with Gasteiger partial charge in [-0.05, 0) is 54.1 Å². The van der Waals surface area contributed by atoms with E-state index in [-0.39, 0.29) is 11.7 Å². The summed E-state index contributed by atoms with van der Waals surface area (Å²) in [5.74, 6) is 1.36. The van der Waals surface area contributed by atoms with Crippen molar-refractivity contribution in [3.63, 3.8) is 0 Å². The zero-order chi connectivity index (χ0) is 22.5. The van der Waals surface area contributed by atoms with Crippen molar-refractivity contribution in [3.05, 3.63) is 66.2 Å². The number of methoxy groups -OCH3 is 1. The Balaban J connectivity index is 1.60. The van der Waals surface area contributed by atoms with E-state index in [1.165, 1.54) is 19.2 Å². The van der Waals surface area contributed by atoms with Crippen LogP contribution < -0.4 is 24.3 Å². The Morgan fingerprint density at radius 3 is 2.44 bits per heavy atom. The van der Waals surface area contributed by atoms with E-state index in [0.717, 1.165) is 6.42 Å². The maximum Gasteiger partial charge on any atom is 0.387 e. The summed E-state index contributed by atoms with van der Waals surface area (Å²) in [5, 5.41) is 2.79. The zero-order valence-corrected chi connectivity index (χ0v) is 17.3. The molecule has 0 radical (unpaired) electrons. The summed E-state index contributed by atoms with van der Waals surface area (Å²) in [7, 11) is 1.54. The van der Waals surface area contributed by atoms with Gasteiger partial charge in [-0.3, -0.25) is 4.79 Å². The van der Waals surface area contributed by atoms with Gasteiger partial charge in [-0.1, -0.05) is 12.1 Å². The maximum atomic E-state index is 12.9. The smallest absolute Gasteiger partial charge is 0.387 e. The van der Waals surface area contributed by atoms with Crippen LogP contribution in [-0.4, -0.2) is 32.8 Å². The van der Waals surface area contributed by atoms with Gasteiger partial charge in [0.1, 0.15) is 11.5 Å². The molecule has 0 bridgehead atoms. The Hall–Kier alpha value is -3.81. The third kappa shape index (κ3) is 4.91. The number of rotatable bonds is 6. The predicted octanol–water partition coefficient (Wildman–Crippen LogP) is 5.38. The van der Waals surface area contributed by atoms with Gasteiger partial charge in [0.15, 0.2) is 11.5 Å². The van der Waals surface area contributed by atoms with Gasteiger partial charge in [-0.25, -0.2) is 0 Å². The molecule has 0 fully saturated rings. The summed E-state index contributed by atoms with van der Waals surface area (Å²) >= 11 is 0. The van der Waals surface area contributed by atoms with Crippen LogP contribution in [0.2, 0.25) is 0 Å². The van der Waals surface area contributed by atoms with Crippen molar-refractivity contribution in [2.75, 3.05) is 25.6 Å². The number of hydrogen-bond donors (Lipinski definition) is 1. The van der Waals surface area contributed by atoms with Crippen molar-refractivity contribution in [3.8, 4) is 34.1 Å². The Bertz CT molecular complexity index is 1100. The molecule has 1 N–H and O–H groups in total. The number of alkyl halides is 2. The molecule has 0 aromatic heterocycles. The van der Waals surface area contributed by atoms with E-state index in [1.807, 2.05) is 0 Å². The van der Waals surface area contributed by atoms with Gasteiger partial charge in [-0.15, -0.1) is 0 Å². The van der Waals surface area contributed by atoms with E-state index in [1.54, 1.807) is 48.5 Å². The normalized spacial score (nSPS) is 12.8. The standard InChI is InChI=1S/C24H21F2NO5/c1-29-18-7-3-15(4-8-18)19-14-17(6-10-20(19)32-24(25)26)27-23(28)16-5-9-21-22(13-16)31-12-2-11-30-21/h3-10,13-14,24H,2,11-12H2,1H3,(H,27,28). The summed E-state index contributed by atoms with van der Waals surface area (Å²) in [5.41, 5.74) is 1.85. The van der Waals surface area contributed by atoms with Crippen LogP contribution in [-0.2, 0) is 0 Å². The van der Waals surface area contributed by atoms with Crippen LogP contribution in [0.5, 0.6) is 23.0 Å². The first-order valence-corrected chi connectivity index (χ1v) is 9.98. The number of carbonyl (C=O) groups excluding carboxylic acids is 1. The van der Waals surface area contributed by atoms with Crippen LogP contribution in [0.1, 0.15) is 16.8 Å². The molecule has 0 spiro atoms. The van der Waals surface area contributed by atoms with Crippen molar-refractivity contribution in [2.24, 2.45) is 0 Å². The fraction of sp³-hybridized carbons (Fsp3) is 0.208. The molecule has 4 rings (SSSR count). The van der Waals surface area contributed by atoms with Gasteiger partial charge in [0.05, 0.1) is 20.3 Å². The van der Waals surface area contributed by atoms with Crippen LogP contribution in [0.4, 0.5) is 14.5 Å². The number of amides is 1. The van der Waals surface area contributed by atoms with Gasteiger partial charge < -0.3 is 24.3 Å². The summed E-state index contributed by atoms with van der Waals surface area (Å²) < 4.78 is 46.8. The first-order valence-electron chi connectivity index (χ1n) is 9.98. The molecule has 32 heavy (non-hydrogen) atoms. The maximum absolute atomic E-state index is 12.9. The average molecular weight is 441 g/mol. The van der Waals surface area contributed by atoms with Gasteiger partial charge in [0.2, 0.25) is 0 Å². The fourth-order valence-corrected chi connectivity index (χ4v) is 3.31. The van der Waals surface area contributed by atoms with E-state index in [9.17, 15) is 13.6 Å². The van der Waals surface area contributed by atoms with Crippen LogP contribution in [0, 0.1) is 0 Å². The molecule has 0 atom stereocenters. The van der Waals surface area contributed by atoms with E-state index in [4.69, 9.17) is 14.2 Å². The lowest BCUT2D eigenvalue weighted by molar-refractivity contribution is -0.0494. The molecule has 8 heteroatoms. The minimum atomic E-state index is -2.98. The largest absolute Gasteiger partial charge is 0.497 e. The highest BCUT2D eigenvalue weighted by Crippen LogP contribution is 2.35. The second-order valence-electron chi connectivity index (χ2n) is 6.98. The molecule has 0 saturated heterocycles.